The van der Waals surface area contributed by atoms with E-state index in [-0.39, 0.29) is 10.8 Å². The molecule has 1 fully saturated rings. The Kier molecular flexibility index (Phi) is 5.32. The molecule has 5 nitrogen and oxygen atoms in total. The number of anilines is 1. The Morgan fingerprint density at radius 1 is 1.12 bits per heavy atom. The predicted octanol–water partition coefficient (Wildman–Crippen LogP) is 3.38. The Bertz CT molecular complexity index is 881. The lowest BCUT2D eigenvalue weighted by Crippen LogP contribution is -2.39. The Morgan fingerprint density at radius 2 is 1.85 bits per heavy atom. The molecule has 0 saturated carbocycles. The number of amides is 1. The van der Waals surface area contributed by atoms with Crippen molar-refractivity contribution in [3.63, 3.8) is 0 Å². The van der Waals surface area contributed by atoms with Crippen molar-refractivity contribution in [1.82, 2.24) is 4.90 Å². The fourth-order valence-electron chi connectivity index (χ4n) is 3.28. The number of piperidine rings is 1. The van der Waals surface area contributed by atoms with Crippen LogP contribution in [-0.2, 0) is 10.0 Å². The second-order valence-corrected chi connectivity index (χ2v) is 8.80. The summed E-state index contributed by atoms with van der Waals surface area (Å²) in [5, 5.41) is 0. The van der Waals surface area contributed by atoms with Crippen LogP contribution >= 0.6 is 0 Å². The summed E-state index contributed by atoms with van der Waals surface area (Å²) in [4.78, 5) is 14.7. The molecule has 1 aliphatic heterocycles. The summed E-state index contributed by atoms with van der Waals surface area (Å²) < 4.78 is 27.1. The van der Waals surface area contributed by atoms with Gasteiger partial charge in [0, 0.05) is 25.7 Å². The highest BCUT2D eigenvalue weighted by Gasteiger charge is 2.25. The molecule has 3 rings (SSSR count). The van der Waals surface area contributed by atoms with Gasteiger partial charge in [0.1, 0.15) is 0 Å². The van der Waals surface area contributed by atoms with Gasteiger partial charge in [-0.3, -0.25) is 9.10 Å². The lowest BCUT2D eigenvalue weighted by Gasteiger charge is -2.31. The van der Waals surface area contributed by atoms with E-state index in [0.29, 0.717) is 17.2 Å². The monoisotopic (exact) mass is 372 g/mol. The van der Waals surface area contributed by atoms with Crippen LogP contribution in [0.3, 0.4) is 0 Å². The van der Waals surface area contributed by atoms with Crippen LogP contribution in [0.4, 0.5) is 5.69 Å². The average molecular weight is 372 g/mol. The molecule has 26 heavy (non-hydrogen) atoms. The van der Waals surface area contributed by atoms with E-state index in [2.05, 4.69) is 6.92 Å². The van der Waals surface area contributed by atoms with Crippen molar-refractivity contribution in [3.8, 4) is 0 Å². The summed E-state index contributed by atoms with van der Waals surface area (Å²) in [6.45, 7) is 3.58. The van der Waals surface area contributed by atoms with Crippen LogP contribution in [0.2, 0.25) is 0 Å². The number of benzene rings is 2. The highest BCUT2D eigenvalue weighted by molar-refractivity contribution is 7.92. The predicted molar refractivity (Wildman–Crippen MR) is 103 cm³/mol. The Morgan fingerprint density at radius 3 is 2.54 bits per heavy atom. The SMILES string of the molecule is C[C@H]1CCCN(C(=O)c2cccc(S(=O)(=O)N(C)c3ccccc3)c2)C1. The van der Waals surface area contributed by atoms with Crippen LogP contribution in [0.25, 0.3) is 0 Å². The first-order chi connectivity index (χ1) is 12.4. The molecule has 2 aromatic rings. The zero-order valence-electron chi connectivity index (χ0n) is 15.1. The normalized spacial score (nSPS) is 17.8. The molecule has 1 amide bonds. The summed E-state index contributed by atoms with van der Waals surface area (Å²) in [5.41, 5.74) is 0.996. The molecule has 0 N–H and O–H groups in total. The summed E-state index contributed by atoms with van der Waals surface area (Å²) in [7, 11) is -2.21. The van der Waals surface area contributed by atoms with Gasteiger partial charge in [-0.25, -0.2) is 8.42 Å². The van der Waals surface area contributed by atoms with Crippen LogP contribution in [0.1, 0.15) is 30.1 Å². The Hall–Kier alpha value is -2.34. The van der Waals surface area contributed by atoms with Crippen LogP contribution in [0.15, 0.2) is 59.5 Å². The molecule has 0 aromatic heterocycles. The van der Waals surface area contributed by atoms with Gasteiger partial charge in [-0.1, -0.05) is 31.2 Å². The molecule has 0 aliphatic carbocycles. The van der Waals surface area contributed by atoms with Crippen molar-refractivity contribution in [2.24, 2.45) is 5.92 Å². The van der Waals surface area contributed by atoms with Crippen molar-refractivity contribution in [2.75, 3.05) is 24.4 Å². The number of nitrogens with zero attached hydrogens (tertiary/aromatic N) is 2. The third-order valence-corrected chi connectivity index (χ3v) is 6.58. The molecule has 6 heteroatoms. The number of hydrogen-bond acceptors (Lipinski definition) is 3. The minimum absolute atomic E-state index is 0.101. The van der Waals surface area contributed by atoms with E-state index in [1.54, 1.807) is 36.4 Å². The maximum atomic E-state index is 12.9. The Labute approximate surface area is 155 Å². The van der Waals surface area contributed by atoms with Gasteiger partial charge in [0.05, 0.1) is 10.6 Å². The molecule has 2 aromatic carbocycles. The third-order valence-electron chi connectivity index (χ3n) is 4.80. The summed E-state index contributed by atoms with van der Waals surface area (Å²) in [6.07, 6.45) is 2.11. The van der Waals surface area contributed by atoms with Crippen molar-refractivity contribution < 1.29 is 13.2 Å². The van der Waals surface area contributed by atoms with Crippen LogP contribution in [0, 0.1) is 5.92 Å². The van der Waals surface area contributed by atoms with Crippen molar-refractivity contribution in [2.45, 2.75) is 24.7 Å². The highest BCUT2D eigenvalue weighted by Crippen LogP contribution is 2.24. The van der Waals surface area contributed by atoms with Gasteiger partial charge < -0.3 is 4.90 Å². The summed E-state index contributed by atoms with van der Waals surface area (Å²) >= 11 is 0. The van der Waals surface area contributed by atoms with E-state index in [1.807, 2.05) is 11.0 Å². The molecule has 1 heterocycles. The minimum atomic E-state index is -3.73. The second-order valence-electron chi connectivity index (χ2n) is 6.83. The van der Waals surface area contributed by atoms with Gasteiger partial charge in [-0.2, -0.15) is 0 Å². The van der Waals surface area contributed by atoms with E-state index < -0.39 is 10.0 Å². The van der Waals surface area contributed by atoms with Gasteiger partial charge in [0.15, 0.2) is 0 Å². The van der Waals surface area contributed by atoms with E-state index >= 15 is 0 Å². The zero-order valence-corrected chi connectivity index (χ0v) is 15.9. The maximum absolute atomic E-state index is 12.9. The molecule has 0 spiro atoms. The lowest BCUT2D eigenvalue weighted by molar-refractivity contribution is 0.0683. The number of likely N-dealkylation sites (tertiary alicyclic amines) is 1. The second kappa shape index (κ2) is 7.50. The molecular formula is C20H24N2O3S. The summed E-state index contributed by atoms with van der Waals surface area (Å²) in [6, 6.07) is 15.2. The van der Waals surface area contributed by atoms with E-state index in [4.69, 9.17) is 0 Å². The molecule has 1 saturated heterocycles. The van der Waals surface area contributed by atoms with Crippen LogP contribution in [0.5, 0.6) is 0 Å². The number of sulfonamides is 1. The highest BCUT2D eigenvalue weighted by atomic mass is 32.2. The first-order valence-corrected chi connectivity index (χ1v) is 10.3. The van der Waals surface area contributed by atoms with Crippen molar-refractivity contribution in [3.05, 3.63) is 60.2 Å². The summed E-state index contributed by atoms with van der Waals surface area (Å²) in [5.74, 6) is 0.375. The topological polar surface area (TPSA) is 57.7 Å². The molecule has 0 radical (unpaired) electrons. The van der Waals surface area contributed by atoms with E-state index in [0.717, 1.165) is 25.9 Å². The molecule has 1 atom stereocenters. The van der Waals surface area contributed by atoms with E-state index in [1.165, 1.54) is 23.5 Å². The van der Waals surface area contributed by atoms with E-state index in [9.17, 15) is 13.2 Å². The lowest BCUT2D eigenvalue weighted by atomic mass is 9.99. The average Bonchev–Trinajstić information content (AvgIpc) is 2.67. The van der Waals surface area contributed by atoms with Gasteiger partial charge in [-0.05, 0) is 49.1 Å². The molecule has 1 aliphatic rings. The fourth-order valence-corrected chi connectivity index (χ4v) is 4.52. The smallest absolute Gasteiger partial charge is 0.264 e. The maximum Gasteiger partial charge on any atom is 0.264 e. The number of hydrogen-bond donors (Lipinski definition) is 0. The number of carbonyl (C=O) groups excluding carboxylic acids is 1. The largest absolute Gasteiger partial charge is 0.338 e. The molecule has 138 valence electrons. The number of rotatable bonds is 4. The Balaban J connectivity index is 1.88. The van der Waals surface area contributed by atoms with Gasteiger partial charge in [0.2, 0.25) is 0 Å². The number of carbonyl (C=O) groups is 1. The quantitative estimate of drug-likeness (QED) is 0.827. The van der Waals surface area contributed by atoms with Crippen LogP contribution in [-0.4, -0.2) is 39.4 Å². The fraction of sp³-hybridized carbons (Fsp3) is 0.350. The number of para-hydroxylation sites is 1. The van der Waals surface area contributed by atoms with Crippen LogP contribution < -0.4 is 4.31 Å². The molecular weight excluding hydrogens is 348 g/mol. The first kappa shape index (κ1) is 18.5. The molecule has 0 unspecified atom stereocenters. The van der Waals surface area contributed by atoms with Gasteiger partial charge in [-0.15, -0.1) is 0 Å². The van der Waals surface area contributed by atoms with Crippen molar-refractivity contribution in [1.29, 1.82) is 0 Å². The first-order valence-electron chi connectivity index (χ1n) is 8.83. The zero-order chi connectivity index (χ0) is 18.7. The standard InChI is InChI=1S/C20H24N2O3S/c1-16-8-7-13-22(15-16)20(23)17-9-6-12-19(14-17)26(24,25)21(2)18-10-4-3-5-11-18/h3-6,9-12,14,16H,7-8,13,15H2,1-2H3/t16-/m0/s1. The van der Waals surface area contributed by atoms with Gasteiger partial charge in [0.25, 0.3) is 15.9 Å². The third kappa shape index (κ3) is 3.75. The molecule has 0 bridgehead atoms. The van der Waals surface area contributed by atoms with Crippen molar-refractivity contribution >= 4 is 21.6 Å². The van der Waals surface area contributed by atoms with Gasteiger partial charge >= 0.3 is 0 Å². The minimum Gasteiger partial charge on any atom is -0.338 e.